The molecule has 0 aromatic heterocycles. The highest BCUT2D eigenvalue weighted by atomic mass is 16.6. The van der Waals surface area contributed by atoms with Crippen molar-refractivity contribution in [3.63, 3.8) is 0 Å². The molecule has 2 atom stereocenters. The minimum absolute atomic E-state index is 0.493. The van der Waals surface area contributed by atoms with Crippen molar-refractivity contribution in [3.8, 4) is 5.75 Å². The van der Waals surface area contributed by atoms with E-state index in [0.29, 0.717) is 24.0 Å². The van der Waals surface area contributed by atoms with Gasteiger partial charge in [0.1, 0.15) is 5.75 Å². The molecule has 2 unspecified atom stereocenters. The summed E-state index contributed by atoms with van der Waals surface area (Å²) < 4.78 is 11.6. The summed E-state index contributed by atoms with van der Waals surface area (Å²) in [5.41, 5.74) is 2.73. The van der Waals surface area contributed by atoms with E-state index in [1.165, 1.54) is 11.1 Å². The second-order valence-electron chi connectivity index (χ2n) is 6.89. The maximum Gasteiger partial charge on any atom is 0.122 e. The molecule has 1 aromatic carbocycles. The van der Waals surface area contributed by atoms with Gasteiger partial charge < -0.3 is 9.47 Å². The van der Waals surface area contributed by atoms with Crippen LogP contribution in [0.15, 0.2) is 18.2 Å². The second-order valence-corrected chi connectivity index (χ2v) is 6.89. The molecule has 0 N–H and O–H groups in total. The van der Waals surface area contributed by atoms with E-state index in [-0.39, 0.29) is 0 Å². The maximum absolute atomic E-state index is 5.96. The van der Waals surface area contributed by atoms with Gasteiger partial charge >= 0.3 is 0 Å². The van der Waals surface area contributed by atoms with Crippen molar-refractivity contribution in [2.24, 2.45) is 5.92 Å². The van der Waals surface area contributed by atoms with Crippen LogP contribution in [0, 0.1) is 5.92 Å². The van der Waals surface area contributed by atoms with Crippen molar-refractivity contribution >= 4 is 0 Å². The van der Waals surface area contributed by atoms with E-state index in [0.717, 1.165) is 31.6 Å². The monoisotopic (exact) mass is 290 g/mol. The Kier molecular flexibility index (Phi) is 5.69. The molecule has 2 rings (SSSR count). The Morgan fingerprint density at radius 1 is 1.14 bits per heavy atom. The zero-order valence-corrected chi connectivity index (χ0v) is 14.2. The third-order valence-electron chi connectivity index (χ3n) is 4.08. The molecule has 0 spiro atoms. The van der Waals surface area contributed by atoms with E-state index >= 15 is 0 Å². The Morgan fingerprint density at radius 3 is 2.48 bits per heavy atom. The predicted octanol–water partition coefficient (Wildman–Crippen LogP) is 4.95. The molecule has 0 aliphatic carbocycles. The van der Waals surface area contributed by atoms with Crippen LogP contribution in [0.2, 0.25) is 0 Å². The molecule has 0 amide bonds. The van der Waals surface area contributed by atoms with E-state index in [4.69, 9.17) is 9.47 Å². The fourth-order valence-corrected chi connectivity index (χ4v) is 2.69. The minimum atomic E-state index is 0.493. The molecule has 2 nitrogen and oxygen atoms in total. The fraction of sp³-hybridized carbons (Fsp3) is 0.684. The quantitative estimate of drug-likeness (QED) is 0.631. The van der Waals surface area contributed by atoms with Crippen LogP contribution in [-0.2, 0) is 11.2 Å². The van der Waals surface area contributed by atoms with Crippen LogP contribution in [0.4, 0.5) is 0 Å². The Hall–Kier alpha value is -1.02. The number of hydrogen-bond donors (Lipinski definition) is 0. The van der Waals surface area contributed by atoms with Crippen molar-refractivity contribution in [2.75, 3.05) is 6.61 Å². The Labute approximate surface area is 129 Å². The first-order valence-corrected chi connectivity index (χ1v) is 8.42. The number of hydrogen-bond acceptors (Lipinski definition) is 2. The van der Waals surface area contributed by atoms with Gasteiger partial charge in [-0.3, -0.25) is 0 Å². The van der Waals surface area contributed by atoms with Gasteiger partial charge in [0.25, 0.3) is 0 Å². The second kappa shape index (κ2) is 7.31. The normalized spacial score (nSPS) is 21.1. The van der Waals surface area contributed by atoms with Crippen molar-refractivity contribution in [3.05, 3.63) is 29.3 Å². The lowest BCUT2D eigenvalue weighted by atomic mass is 9.97. The SMILES string of the molecule is CCC1OC1CCc1ccc(OCC(C)C)c(C(C)C)c1. The largest absolute Gasteiger partial charge is 0.493 e. The predicted molar refractivity (Wildman–Crippen MR) is 88.1 cm³/mol. The molecule has 1 aromatic rings. The number of rotatable bonds is 8. The first-order chi connectivity index (χ1) is 10.0. The van der Waals surface area contributed by atoms with Crippen LogP contribution in [0.5, 0.6) is 5.75 Å². The zero-order valence-electron chi connectivity index (χ0n) is 14.2. The summed E-state index contributed by atoms with van der Waals surface area (Å²) in [6.07, 6.45) is 4.40. The van der Waals surface area contributed by atoms with Crippen molar-refractivity contribution < 1.29 is 9.47 Å². The molecule has 21 heavy (non-hydrogen) atoms. The smallest absolute Gasteiger partial charge is 0.122 e. The summed E-state index contributed by atoms with van der Waals surface area (Å²) in [6, 6.07) is 6.69. The number of epoxide rings is 1. The molecule has 1 fully saturated rings. The molecule has 118 valence electrons. The van der Waals surface area contributed by atoms with Crippen molar-refractivity contribution in [1.82, 2.24) is 0 Å². The molecule has 0 saturated carbocycles. The first kappa shape index (κ1) is 16.4. The Balaban J connectivity index is 1.98. The fourth-order valence-electron chi connectivity index (χ4n) is 2.69. The van der Waals surface area contributed by atoms with Gasteiger partial charge in [0.2, 0.25) is 0 Å². The highest BCUT2D eigenvalue weighted by Gasteiger charge is 2.35. The molecule has 1 aliphatic heterocycles. The molecular weight excluding hydrogens is 260 g/mol. The van der Waals surface area contributed by atoms with Crippen molar-refractivity contribution in [1.29, 1.82) is 0 Å². The Bertz CT molecular complexity index is 451. The molecule has 0 radical (unpaired) electrons. The van der Waals surface area contributed by atoms with E-state index < -0.39 is 0 Å². The average Bonchev–Trinajstić information content (AvgIpc) is 3.21. The van der Waals surface area contributed by atoms with E-state index in [9.17, 15) is 0 Å². The number of benzene rings is 1. The lowest BCUT2D eigenvalue weighted by Crippen LogP contribution is -2.07. The summed E-state index contributed by atoms with van der Waals surface area (Å²) >= 11 is 0. The summed E-state index contributed by atoms with van der Waals surface area (Å²) in [5, 5.41) is 0. The standard InChI is InChI=1S/C19H30O2/c1-6-17-19(21-17)10-8-15-7-9-18(20-12-13(2)3)16(11-15)14(4)5/h7,9,11,13-14,17,19H,6,8,10,12H2,1-5H3. The van der Waals surface area contributed by atoms with Crippen LogP contribution in [0.3, 0.4) is 0 Å². The van der Waals surface area contributed by atoms with Gasteiger partial charge in [-0.25, -0.2) is 0 Å². The van der Waals surface area contributed by atoms with Gasteiger partial charge in [-0.05, 0) is 48.3 Å². The van der Waals surface area contributed by atoms with Gasteiger partial charge in [0.15, 0.2) is 0 Å². The lowest BCUT2D eigenvalue weighted by Gasteiger charge is -2.16. The third-order valence-corrected chi connectivity index (χ3v) is 4.08. The Morgan fingerprint density at radius 2 is 1.90 bits per heavy atom. The van der Waals surface area contributed by atoms with Crippen LogP contribution >= 0.6 is 0 Å². The van der Waals surface area contributed by atoms with E-state index in [1.54, 1.807) is 0 Å². The van der Waals surface area contributed by atoms with Crippen molar-refractivity contribution in [2.45, 2.75) is 72.0 Å². The van der Waals surface area contributed by atoms with Gasteiger partial charge in [-0.2, -0.15) is 0 Å². The zero-order chi connectivity index (χ0) is 15.4. The molecule has 2 heteroatoms. The van der Waals surface area contributed by atoms with Crippen LogP contribution in [0.25, 0.3) is 0 Å². The molecule has 0 bridgehead atoms. The number of ether oxygens (including phenoxy) is 2. The minimum Gasteiger partial charge on any atom is -0.493 e. The molecule has 1 aliphatic rings. The highest BCUT2D eigenvalue weighted by molar-refractivity contribution is 5.39. The van der Waals surface area contributed by atoms with E-state index in [1.807, 2.05) is 0 Å². The first-order valence-electron chi connectivity index (χ1n) is 8.42. The lowest BCUT2D eigenvalue weighted by molar-refractivity contribution is 0.267. The topological polar surface area (TPSA) is 21.8 Å². The van der Waals surface area contributed by atoms with Crippen LogP contribution in [-0.4, -0.2) is 18.8 Å². The van der Waals surface area contributed by atoms with Gasteiger partial charge in [-0.15, -0.1) is 0 Å². The van der Waals surface area contributed by atoms with Crippen LogP contribution in [0.1, 0.15) is 64.5 Å². The average molecular weight is 290 g/mol. The molecule has 1 heterocycles. The van der Waals surface area contributed by atoms with Gasteiger partial charge in [0.05, 0.1) is 18.8 Å². The van der Waals surface area contributed by atoms with E-state index in [2.05, 4.69) is 52.8 Å². The highest BCUT2D eigenvalue weighted by Crippen LogP contribution is 2.31. The maximum atomic E-state index is 5.96. The summed E-state index contributed by atoms with van der Waals surface area (Å²) in [6.45, 7) is 11.8. The number of aryl methyl sites for hydroxylation is 1. The third kappa shape index (κ3) is 4.74. The van der Waals surface area contributed by atoms with Crippen LogP contribution < -0.4 is 4.74 Å². The van der Waals surface area contributed by atoms with Gasteiger partial charge in [-0.1, -0.05) is 46.8 Å². The summed E-state index contributed by atoms with van der Waals surface area (Å²) in [5.74, 6) is 2.10. The summed E-state index contributed by atoms with van der Waals surface area (Å²) in [7, 11) is 0. The van der Waals surface area contributed by atoms with Gasteiger partial charge in [0, 0.05) is 0 Å². The summed E-state index contributed by atoms with van der Waals surface area (Å²) in [4.78, 5) is 0. The molecule has 1 saturated heterocycles. The molecular formula is C19H30O2.